The van der Waals surface area contributed by atoms with Gasteiger partial charge in [-0.1, -0.05) is 12.2 Å². The van der Waals surface area contributed by atoms with Crippen LogP contribution in [-0.2, 0) is 4.79 Å². The Hall–Kier alpha value is -1.56. The molecule has 0 saturated carbocycles. The number of likely N-dealkylation sites (tertiary alicyclic amines) is 1. The summed E-state index contributed by atoms with van der Waals surface area (Å²) in [6.45, 7) is 5.74. The Balaban J connectivity index is 2.59. The third-order valence-electron chi connectivity index (χ3n) is 2.37. The van der Waals surface area contributed by atoms with Crippen LogP contribution in [0, 0.1) is 0 Å². The summed E-state index contributed by atoms with van der Waals surface area (Å²) in [6.07, 6.45) is -0.688. The van der Waals surface area contributed by atoms with E-state index in [4.69, 9.17) is 5.11 Å². The molecular formula is C10H16N2O4. The van der Waals surface area contributed by atoms with Gasteiger partial charge in [-0.15, -0.1) is 0 Å². The molecule has 0 aromatic heterocycles. The van der Waals surface area contributed by atoms with Gasteiger partial charge in [0.25, 0.3) is 0 Å². The van der Waals surface area contributed by atoms with Crippen molar-refractivity contribution in [1.29, 1.82) is 0 Å². The molecule has 0 radical (unpaired) electrons. The van der Waals surface area contributed by atoms with Gasteiger partial charge in [-0.3, -0.25) is 0 Å². The molecule has 2 amide bonds. The van der Waals surface area contributed by atoms with E-state index in [2.05, 4.69) is 11.9 Å². The molecule has 1 heterocycles. The molecule has 1 aliphatic heterocycles. The second-order valence-corrected chi connectivity index (χ2v) is 4.01. The Morgan fingerprint density at radius 3 is 2.69 bits per heavy atom. The molecule has 6 heteroatoms. The molecule has 1 saturated heterocycles. The van der Waals surface area contributed by atoms with Gasteiger partial charge in [0, 0.05) is 19.5 Å². The first kappa shape index (κ1) is 12.5. The van der Waals surface area contributed by atoms with E-state index in [0.29, 0.717) is 6.54 Å². The summed E-state index contributed by atoms with van der Waals surface area (Å²) in [5.41, 5.74) is 0.778. The fraction of sp³-hybridized carbons (Fsp3) is 0.600. The van der Waals surface area contributed by atoms with Crippen LogP contribution in [0.15, 0.2) is 12.2 Å². The predicted molar refractivity (Wildman–Crippen MR) is 57.0 cm³/mol. The average Bonchev–Trinajstić information content (AvgIpc) is 2.56. The molecule has 0 bridgehead atoms. The number of aliphatic carboxylic acids is 1. The van der Waals surface area contributed by atoms with Crippen molar-refractivity contribution < 1.29 is 19.8 Å². The number of rotatable bonds is 3. The van der Waals surface area contributed by atoms with Crippen LogP contribution in [0.3, 0.4) is 0 Å². The molecule has 6 nitrogen and oxygen atoms in total. The van der Waals surface area contributed by atoms with E-state index in [1.807, 2.05) is 0 Å². The zero-order valence-corrected chi connectivity index (χ0v) is 9.14. The largest absolute Gasteiger partial charge is 0.480 e. The molecule has 0 unspecified atom stereocenters. The van der Waals surface area contributed by atoms with Crippen LogP contribution in [0.5, 0.6) is 0 Å². The van der Waals surface area contributed by atoms with E-state index in [1.165, 1.54) is 0 Å². The van der Waals surface area contributed by atoms with Gasteiger partial charge in [-0.25, -0.2) is 9.59 Å². The maximum atomic E-state index is 11.6. The minimum atomic E-state index is -1.10. The lowest BCUT2D eigenvalue weighted by Crippen LogP contribution is -2.46. The molecule has 1 fully saturated rings. The van der Waals surface area contributed by atoms with Crippen molar-refractivity contribution in [3.05, 3.63) is 12.2 Å². The molecule has 1 aliphatic rings. The number of amides is 2. The molecular weight excluding hydrogens is 212 g/mol. The average molecular weight is 228 g/mol. The maximum absolute atomic E-state index is 11.6. The summed E-state index contributed by atoms with van der Waals surface area (Å²) in [7, 11) is 0. The Kier molecular flexibility index (Phi) is 3.89. The predicted octanol–water partition coefficient (Wildman–Crippen LogP) is -0.208. The molecule has 0 aliphatic carbocycles. The number of hydrogen-bond donors (Lipinski definition) is 3. The number of nitrogens with one attached hydrogen (secondary N) is 1. The van der Waals surface area contributed by atoms with E-state index < -0.39 is 24.1 Å². The smallest absolute Gasteiger partial charge is 0.326 e. The van der Waals surface area contributed by atoms with Gasteiger partial charge in [-0.05, 0) is 6.92 Å². The van der Waals surface area contributed by atoms with Gasteiger partial charge < -0.3 is 20.4 Å². The van der Waals surface area contributed by atoms with Crippen molar-refractivity contribution in [1.82, 2.24) is 10.2 Å². The number of nitrogens with zero attached hydrogens (tertiary/aromatic N) is 1. The maximum Gasteiger partial charge on any atom is 0.326 e. The lowest BCUT2D eigenvalue weighted by Gasteiger charge is -2.21. The topological polar surface area (TPSA) is 89.9 Å². The highest BCUT2D eigenvalue weighted by atomic mass is 16.4. The lowest BCUT2D eigenvalue weighted by molar-refractivity contribution is -0.141. The van der Waals surface area contributed by atoms with Gasteiger partial charge >= 0.3 is 12.0 Å². The number of carbonyl (C=O) groups excluding carboxylic acids is 1. The summed E-state index contributed by atoms with van der Waals surface area (Å²) in [6, 6.07) is -1.42. The highest BCUT2D eigenvalue weighted by Gasteiger charge is 2.38. The second-order valence-electron chi connectivity index (χ2n) is 4.01. The van der Waals surface area contributed by atoms with E-state index in [1.54, 1.807) is 6.92 Å². The van der Waals surface area contributed by atoms with Crippen molar-refractivity contribution in [3.8, 4) is 0 Å². The molecule has 90 valence electrons. The third kappa shape index (κ3) is 2.96. The molecule has 0 aromatic rings. The minimum absolute atomic E-state index is 0.0546. The van der Waals surface area contributed by atoms with Crippen LogP contribution in [0.25, 0.3) is 0 Å². The van der Waals surface area contributed by atoms with Crippen molar-refractivity contribution in [3.63, 3.8) is 0 Å². The van der Waals surface area contributed by atoms with E-state index >= 15 is 0 Å². The molecule has 0 spiro atoms. The molecule has 3 N–H and O–H groups in total. The number of hydrogen-bond acceptors (Lipinski definition) is 3. The number of β-amino-alcohol motifs (C(OH)–C–C–N with tert-alkyl or cyclic N) is 1. The quantitative estimate of drug-likeness (QED) is 0.583. The normalized spacial score (nSPS) is 24.2. The fourth-order valence-corrected chi connectivity index (χ4v) is 1.60. The number of carboxylic acids is 1. The summed E-state index contributed by atoms with van der Waals surface area (Å²) in [4.78, 5) is 23.6. The van der Waals surface area contributed by atoms with Crippen LogP contribution in [0.2, 0.25) is 0 Å². The highest BCUT2D eigenvalue weighted by molar-refractivity contribution is 5.83. The van der Waals surface area contributed by atoms with Crippen LogP contribution in [0.1, 0.15) is 13.3 Å². The van der Waals surface area contributed by atoms with Crippen LogP contribution >= 0.6 is 0 Å². The second kappa shape index (κ2) is 4.98. The van der Waals surface area contributed by atoms with Gasteiger partial charge in [0.2, 0.25) is 0 Å². The summed E-state index contributed by atoms with van der Waals surface area (Å²) < 4.78 is 0. The molecule has 16 heavy (non-hydrogen) atoms. The number of aliphatic hydroxyl groups is 1. The number of carboxylic acid groups (broad SMARTS) is 1. The first-order valence-corrected chi connectivity index (χ1v) is 5.01. The first-order valence-electron chi connectivity index (χ1n) is 5.01. The van der Waals surface area contributed by atoms with E-state index in [9.17, 15) is 14.7 Å². The zero-order valence-electron chi connectivity index (χ0n) is 9.14. The monoisotopic (exact) mass is 228 g/mol. The number of urea groups is 1. The number of carbonyl (C=O) groups is 2. The van der Waals surface area contributed by atoms with Crippen molar-refractivity contribution in [2.24, 2.45) is 0 Å². The SMILES string of the molecule is C=C(C)CNC(=O)N1C[C@H](O)C[C@H]1C(=O)O. The Bertz CT molecular complexity index is 316. The third-order valence-corrected chi connectivity index (χ3v) is 2.37. The Morgan fingerprint density at radius 2 is 2.19 bits per heavy atom. The lowest BCUT2D eigenvalue weighted by atomic mass is 10.2. The summed E-state index contributed by atoms with van der Waals surface area (Å²) in [5, 5.41) is 20.8. The zero-order chi connectivity index (χ0) is 12.3. The van der Waals surface area contributed by atoms with Gasteiger partial charge in [-0.2, -0.15) is 0 Å². The molecule has 2 atom stereocenters. The Morgan fingerprint density at radius 1 is 1.56 bits per heavy atom. The van der Waals surface area contributed by atoms with Crippen molar-refractivity contribution >= 4 is 12.0 Å². The van der Waals surface area contributed by atoms with Crippen LogP contribution < -0.4 is 5.32 Å². The fourth-order valence-electron chi connectivity index (χ4n) is 1.60. The summed E-state index contributed by atoms with van der Waals surface area (Å²) in [5.74, 6) is -1.10. The van der Waals surface area contributed by atoms with Crippen molar-refractivity contribution in [2.75, 3.05) is 13.1 Å². The van der Waals surface area contributed by atoms with Gasteiger partial charge in [0.1, 0.15) is 6.04 Å². The highest BCUT2D eigenvalue weighted by Crippen LogP contribution is 2.17. The summed E-state index contributed by atoms with van der Waals surface area (Å²) >= 11 is 0. The van der Waals surface area contributed by atoms with Gasteiger partial charge in [0.15, 0.2) is 0 Å². The Labute approximate surface area is 93.5 Å². The van der Waals surface area contributed by atoms with E-state index in [-0.39, 0.29) is 13.0 Å². The minimum Gasteiger partial charge on any atom is -0.480 e. The van der Waals surface area contributed by atoms with Crippen LogP contribution in [-0.4, -0.2) is 52.3 Å². The standard InChI is InChI=1S/C10H16N2O4/c1-6(2)4-11-10(16)12-5-7(13)3-8(12)9(14)15/h7-8,13H,1,3-5H2,2H3,(H,11,16)(H,14,15)/t7-,8+/m1/s1. The van der Waals surface area contributed by atoms with Gasteiger partial charge in [0.05, 0.1) is 6.10 Å². The number of aliphatic hydroxyl groups excluding tert-OH is 1. The van der Waals surface area contributed by atoms with Crippen LogP contribution in [0.4, 0.5) is 4.79 Å². The first-order chi connectivity index (χ1) is 7.41. The van der Waals surface area contributed by atoms with Crippen molar-refractivity contribution in [2.45, 2.75) is 25.5 Å². The molecule has 1 rings (SSSR count). The molecule has 0 aromatic carbocycles. The van der Waals surface area contributed by atoms with E-state index in [0.717, 1.165) is 10.5 Å².